The molecule has 9 nitrogen and oxygen atoms in total. The number of anilines is 2. The number of nitrogens with zero attached hydrogens (tertiary/aromatic N) is 2. The van der Waals surface area contributed by atoms with E-state index in [9.17, 15) is 14.4 Å². The summed E-state index contributed by atoms with van der Waals surface area (Å²) < 4.78 is 18.2. The highest BCUT2D eigenvalue weighted by molar-refractivity contribution is 7.07. The molecule has 4 aromatic rings. The van der Waals surface area contributed by atoms with Crippen molar-refractivity contribution < 1.29 is 23.5 Å². The Kier molecular flexibility index (Phi) is 8.91. The molecule has 3 heterocycles. The fraction of sp³-hybridized carbons (Fsp3) is 0.226. The van der Waals surface area contributed by atoms with E-state index in [2.05, 4.69) is 10.3 Å². The Labute approximate surface area is 260 Å². The lowest BCUT2D eigenvalue weighted by Crippen LogP contribution is -2.39. The number of furan rings is 1. The van der Waals surface area contributed by atoms with E-state index in [4.69, 9.17) is 37.1 Å². The number of halogens is 2. The van der Waals surface area contributed by atoms with Gasteiger partial charge in [0.15, 0.2) is 10.6 Å². The third-order valence-corrected chi connectivity index (χ3v) is 8.20. The zero-order valence-electron chi connectivity index (χ0n) is 23.7. The van der Waals surface area contributed by atoms with Crippen LogP contribution in [0.4, 0.5) is 11.6 Å². The van der Waals surface area contributed by atoms with Crippen molar-refractivity contribution in [2.75, 3.05) is 18.5 Å². The quantitative estimate of drug-likeness (QED) is 0.238. The molecule has 5 rings (SSSR count). The minimum absolute atomic E-state index is 0.0273. The van der Waals surface area contributed by atoms with Crippen molar-refractivity contribution in [3.8, 4) is 0 Å². The predicted octanol–water partition coefficient (Wildman–Crippen LogP) is 5.93. The maximum Gasteiger partial charge on any atom is 0.345 e. The minimum atomic E-state index is -0.764. The van der Waals surface area contributed by atoms with Crippen molar-refractivity contribution in [1.82, 2.24) is 4.57 Å². The molecule has 0 amide bonds. The van der Waals surface area contributed by atoms with Crippen LogP contribution in [-0.4, -0.2) is 29.7 Å². The summed E-state index contributed by atoms with van der Waals surface area (Å²) in [6.07, 6.45) is 1.45. The first kappa shape index (κ1) is 30.3. The van der Waals surface area contributed by atoms with E-state index in [0.717, 1.165) is 22.5 Å². The SMILES string of the molecule is CCOC(=O)C1=C(C)N=c2s/c(=C\c3oc(Nc4cccc(Cl)c4)c(C(=O)OCC)c3Cl)c(=O)n2[C@@H]1c1ccc(C)cc1. The topological polar surface area (TPSA) is 112 Å². The second kappa shape index (κ2) is 12.6. The van der Waals surface area contributed by atoms with Crippen molar-refractivity contribution >= 4 is 64.1 Å². The molecule has 0 radical (unpaired) electrons. The molecule has 222 valence electrons. The van der Waals surface area contributed by atoms with Crippen molar-refractivity contribution in [2.45, 2.75) is 33.7 Å². The molecule has 12 heteroatoms. The molecule has 0 saturated carbocycles. The zero-order chi connectivity index (χ0) is 30.8. The predicted molar refractivity (Wildman–Crippen MR) is 166 cm³/mol. The number of nitrogens with one attached hydrogen (secondary N) is 1. The molecule has 1 atom stereocenters. The molecule has 1 aliphatic rings. The number of hydrogen-bond acceptors (Lipinski definition) is 9. The van der Waals surface area contributed by atoms with Gasteiger partial charge in [-0.1, -0.05) is 70.4 Å². The number of aryl methyl sites for hydroxylation is 1. The van der Waals surface area contributed by atoms with E-state index in [1.807, 2.05) is 31.2 Å². The molecule has 0 bridgehead atoms. The highest BCUT2D eigenvalue weighted by Gasteiger charge is 2.33. The van der Waals surface area contributed by atoms with E-state index >= 15 is 0 Å². The van der Waals surface area contributed by atoms with Crippen LogP contribution >= 0.6 is 34.5 Å². The van der Waals surface area contributed by atoms with Crippen LogP contribution in [0.3, 0.4) is 0 Å². The molecule has 2 aromatic heterocycles. The molecule has 2 aromatic carbocycles. The number of carbonyl (C=O) groups is 2. The molecular weight excluding hydrogens is 613 g/mol. The second-order valence-electron chi connectivity index (χ2n) is 9.55. The van der Waals surface area contributed by atoms with Crippen LogP contribution in [0.5, 0.6) is 0 Å². The van der Waals surface area contributed by atoms with Crippen LogP contribution in [0.15, 0.2) is 74.0 Å². The van der Waals surface area contributed by atoms with Crippen LogP contribution in [0, 0.1) is 6.92 Å². The maximum atomic E-state index is 14.0. The van der Waals surface area contributed by atoms with Gasteiger partial charge in [-0.3, -0.25) is 9.36 Å². The normalized spacial score (nSPS) is 14.7. The number of rotatable bonds is 8. The van der Waals surface area contributed by atoms with Crippen LogP contribution in [0.1, 0.15) is 54.1 Å². The van der Waals surface area contributed by atoms with E-state index in [0.29, 0.717) is 21.2 Å². The van der Waals surface area contributed by atoms with Gasteiger partial charge in [0.25, 0.3) is 5.56 Å². The van der Waals surface area contributed by atoms with Crippen molar-refractivity contribution in [3.05, 3.63) is 112 Å². The van der Waals surface area contributed by atoms with Gasteiger partial charge in [0, 0.05) is 16.8 Å². The Bertz CT molecular complexity index is 1940. The van der Waals surface area contributed by atoms with Gasteiger partial charge in [-0.2, -0.15) is 0 Å². The number of ether oxygens (including phenoxy) is 2. The maximum absolute atomic E-state index is 14.0. The van der Waals surface area contributed by atoms with Crippen LogP contribution in [0.25, 0.3) is 6.08 Å². The lowest BCUT2D eigenvalue weighted by molar-refractivity contribution is -0.139. The Morgan fingerprint density at radius 2 is 1.77 bits per heavy atom. The number of benzene rings is 2. The summed E-state index contributed by atoms with van der Waals surface area (Å²) in [4.78, 5) is 44.9. The monoisotopic (exact) mass is 639 g/mol. The first-order chi connectivity index (χ1) is 20.6. The third kappa shape index (κ3) is 6.04. The molecule has 0 spiro atoms. The summed E-state index contributed by atoms with van der Waals surface area (Å²) in [5.41, 5.74) is 2.59. The fourth-order valence-corrected chi connectivity index (χ4v) is 6.13. The highest BCUT2D eigenvalue weighted by Crippen LogP contribution is 2.36. The summed E-state index contributed by atoms with van der Waals surface area (Å²) in [6, 6.07) is 13.6. The molecule has 1 aliphatic heterocycles. The lowest BCUT2D eigenvalue weighted by Gasteiger charge is -2.24. The van der Waals surface area contributed by atoms with E-state index in [1.165, 1.54) is 10.6 Å². The number of hydrogen-bond donors (Lipinski definition) is 1. The Balaban J connectivity index is 1.67. The first-order valence-corrected chi connectivity index (χ1v) is 15.0. The molecular formula is C31H27Cl2N3O6S. The number of aromatic nitrogens is 1. The second-order valence-corrected chi connectivity index (χ2v) is 11.4. The number of allylic oxidation sites excluding steroid dienone is 1. The molecule has 0 unspecified atom stereocenters. The van der Waals surface area contributed by atoms with Gasteiger partial charge in [-0.15, -0.1) is 0 Å². The van der Waals surface area contributed by atoms with Gasteiger partial charge in [0.1, 0.15) is 10.6 Å². The van der Waals surface area contributed by atoms with Crippen LogP contribution in [-0.2, 0) is 14.3 Å². The summed E-state index contributed by atoms with van der Waals surface area (Å²) in [5.74, 6) is -1.15. The third-order valence-electron chi connectivity index (χ3n) is 6.61. The lowest BCUT2D eigenvalue weighted by atomic mass is 9.95. The molecule has 1 N–H and O–H groups in total. The average molecular weight is 641 g/mol. The van der Waals surface area contributed by atoms with Gasteiger partial charge >= 0.3 is 11.9 Å². The Hall–Kier alpha value is -4.12. The molecule has 0 fully saturated rings. The first-order valence-electron chi connectivity index (χ1n) is 13.4. The number of fused-ring (bicyclic) bond motifs is 1. The minimum Gasteiger partial charge on any atom is -0.463 e. The number of esters is 2. The summed E-state index contributed by atoms with van der Waals surface area (Å²) >= 11 is 13.9. The van der Waals surface area contributed by atoms with Gasteiger partial charge in [0.05, 0.1) is 35.1 Å². The van der Waals surface area contributed by atoms with Crippen molar-refractivity contribution in [1.29, 1.82) is 0 Å². The number of thiazole rings is 1. The van der Waals surface area contributed by atoms with Gasteiger partial charge < -0.3 is 19.2 Å². The van der Waals surface area contributed by atoms with Gasteiger partial charge in [0.2, 0.25) is 5.88 Å². The van der Waals surface area contributed by atoms with Gasteiger partial charge in [-0.05, 0) is 51.5 Å². The van der Waals surface area contributed by atoms with E-state index in [-0.39, 0.29) is 45.5 Å². The van der Waals surface area contributed by atoms with Crippen molar-refractivity contribution in [3.63, 3.8) is 0 Å². The molecule has 0 saturated heterocycles. The van der Waals surface area contributed by atoms with Crippen LogP contribution in [0.2, 0.25) is 10.0 Å². The van der Waals surface area contributed by atoms with Crippen molar-refractivity contribution in [2.24, 2.45) is 4.99 Å². The Morgan fingerprint density at radius 1 is 1.07 bits per heavy atom. The van der Waals surface area contributed by atoms with E-state index in [1.54, 1.807) is 45.0 Å². The summed E-state index contributed by atoms with van der Waals surface area (Å²) in [6.45, 7) is 7.35. The number of carbonyl (C=O) groups excluding carboxylic acids is 2. The van der Waals surface area contributed by atoms with Gasteiger partial charge in [-0.25, -0.2) is 14.6 Å². The largest absolute Gasteiger partial charge is 0.463 e. The standard InChI is InChI=1S/C31H27Cl2N3O6S/c1-5-40-29(38)23-17(4)34-31-36(26(23)18-12-10-16(3)11-13-18)28(37)22(43-31)15-21-25(33)24(30(39)41-6-2)27(42-21)35-20-9-7-8-19(32)14-20/h7-15,26,35H,5-6H2,1-4H3/b22-15-/t26-/m1/s1. The van der Waals surface area contributed by atoms with Crippen LogP contribution < -0.4 is 20.2 Å². The smallest absolute Gasteiger partial charge is 0.345 e. The average Bonchev–Trinajstić information content (AvgIpc) is 3.43. The fourth-order valence-electron chi connectivity index (χ4n) is 4.67. The summed E-state index contributed by atoms with van der Waals surface area (Å²) in [5, 5.41) is 3.46. The van der Waals surface area contributed by atoms with E-state index < -0.39 is 23.5 Å². The summed E-state index contributed by atoms with van der Waals surface area (Å²) in [7, 11) is 0. The molecule has 43 heavy (non-hydrogen) atoms. The molecule has 0 aliphatic carbocycles. The Morgan fingerprint density at radius 3 is 2.44 bits per heavy atom. The zero-order valence-corrected chi connectivity index (χ0v) is 26.0. The highest BCUT2D eigenvalue weighted by atomic mass is 35.5.